The van der Waals surface area contributed by atoms with Crippen LogP contribution in [0.25, 0.3) is 33.4 Å². The van der Waals surface area contributed by atoms with E-state index in [4.69, 9.17) is 4.42 Å². The second-order valence-electron chi connectivity index (χ2n) is 17.0. The number of para-hydroxylation sites is 2. The van der Waals surface area contributed by atoms with Crippen LogP contribution in [-0.4, -0.2) is 84.4 Å². The van der Waals surface area contributed by atoms with E-state index in [0.717, 1.165) is 69.2 Å². The zero-order valence-corrected chi connectivity index (χ0v) is 37.5. The van der Waals surface area contributed by atoms with Crippen LogP contribution in [0.3, 0.4) is 0 Å². The lowest BCUT2D eigenvalue weighted by molar-refractivity contribution is -0.150. The number of fused-ring (bicyclic) bond motifs is 5. The van der Waals surface area contributed by atoms with E-state index in [9.17, 15) is 27.9 Å². The number of carboxylic acids is 1. The molecule has 330 valence electrons. The molecule has 0 spiro atoms. The first-order valence-corrected chi connectivity index (χ1v) is 24.4. The zero-order chi connectivity index (χ0) is 45.3. The minimum absolute atomic E-state index is 0.0384. The fourth-order valence-electron chi connectivity index (χ4n) is 9.94. The molecular formula is C52H44N5O7S2+. The summed E-state index contributed by atoms with van der Waals surface area (Å²) in [7, 11) is -2.88. The molecule has 0 saturated carbocycles. The summed E-state index contributed by atoms with van der Waals surface area (Å²) in [5, 5.41) is 14.3. The highest BCUT2D eigenvalue weighted by Crippen LogP contribution is 2.46. The Labute approximate surface area is 385 Å². The number of nitrogens with zero attached hydrogens (tertiary/aromatic N) is 4. The molecular weight excluding hydrogens is 871 g/mol. The van der Waals surface area contributed by atoms with E-state index in [0.29, 0.717) is 22.5 Å². The molecule has 1 fully saturated rings. The van der Waals surface area contributed by atoms with Crippen LogP contribution < -0.4 is 20.1 Å². The van der Waals surface area contributed by atoms with Crippen molar-refractivity contribution in [1.82, 2.24) is 19.1 Å². The van der Waals surface area contributed by atoms with Crippen molar-refractivity contribution in [2.45, 2.75) is 35.6 Å². The highest BCUT2D eigenvalue weighted by molar-refractivity contribution is 8.00. The van der Waals surface area contributed by atoms with Gasteiger partial charge in [-0.3, -0.25) is 14.5 Å². The van der Waals surface area contributed by atoms with Crippen LogP contribution in [-0.2, 0) is 43.7 Å². The Bertz CT molecular complexity index is 3350. The van der Waals surface area contributed by atoms with Crippen LogP contribution in [0, 0.1) is 0 Å². The quantitative estimate of drug-likeness (QED) is 0.0831. The molecule has 0 radical (unpaired) electrons. The normalized spacial score (nSPS) is 18.7. The molecule has 2 amide bonds. The van der Waals surface area contributed by atoms with E-state index in [1.807, 2.05) is 72.8 Å². The number of hydrogen-bond acceptors (Lipinski definition) is 8. The topological polar surface area (TPSA) is 143 Å². The van der Waals surface area contributed by atoms with Crippen molar-refractivity contribution < 1.29 is 32.3 Å². The summed E-state index contributed by atoms with van der Waals surface area (Å²) < 4.78 is 40.2. The SMILES string of the molecule is CN(CC1=C(C(=O)O)N2C(=O)[C@@H](NC(=O)Cc3ccccc3)C2SC1)S(=O)(=O)c1ccccc1-c1c2ccc(=[N+]3CCc4ccccc43)cc-2oc2cc(N3CCc4ccccc43)ccc12. The third-order valence-corrected chi connectivity index (χ3v) is 16.3. The van der Waals surface area contributed by atoms with Gasteiger partial charge in [-0.15, -0.1) is 11.8 Å². The number of rotatable bonds is 10. The van der Waals surface area contributed by atoms with E-state index < -0.39 is 33.3 Å². The molecule has 0 bridgehead atoms. The first kappa shape index (κ1) is 41.7. The number of thioether (sulfide) groups is 1. The molecule has 12 nitrogen and oxygen atoms in total. The third-order valence-electron chi connectivity index (χ3n) is 13.1. The lowest BCUT2D eigenvalue weighted by Crippen LogP contribution is -2.70. The first-order valence-electron chi connectivity index (χ1n) is 21.9. The molecule has 66 heavy (non-hydrogen) atoms. The van der Waals surface area contributed by atoms with Crippen LogP contribution in [0.5, 0.6) is 0 Å². The van der Waals surface area contributed by atoms with Gasteiger partial charge in [0.2, 0.25) is 27.0 Å². The summed E-state index contributed by atoms with van der Waals surface area (Å²) in [4.78, 5) is 42.8. The summed E-state index contributed by atoms with van der Waals surface area (Å²) in [6.45, 7) is 1.35. The van der Waals surface area contributed by atoms with Gasteiger partial charge in [0.05, 0.1) is 17.4 Å². The lowest BCUT2D eigenvalue weighted by Gasteiger charge is -2.49. The van der Waals surface area contributed by atoms with Crippen molar-refractivity contribution in [2.24, 2.45) is 0 Å². The minimum Gasteiger partial charge on any atom is -0.477 e. The number of carbonyl (C=O) groups is 3. The molecule has 11 rings (SSSR count). The standard InChI is InChI=1S/C52H43N5O7S2/c1-54(30-35-31-65-51-48(50(59)57(51)49(35)52(60)61)53-46(58)27-32-11-3-2-4-12-32)66(62,63)45-18-10-7-15-40(45)47-38-21-19-36(55-25-23-33-13-5-8-16-41(33)55)28-43(38)64-44-29-37(20-22-39(44)47)56-26-24-34-14-6-9-17-42(34)56/h2-22,28-29,48,51H,23-27,30-31H2,1H3,(H-,53,58,60,61)/p+1/t48-,51?/m1/s1. The first-order chi connectivity index (χ1) is 32.0. The number of nitrogens with one attached hydrogen (secondary N) is 1. The molecule has 0 aromatic heterocycles. The van der Waals surface area contributed by atoms with E-state index >= 15 is 0 Å². The van der Waals surface area contributed by atoms with Crippen molar-refractivity contribution in [1.29, 1.82) is 0 Å². The molecule has 5 heterocycles. The van der Waals surface area contributed by atoms with Crippen LogP contribution >= 0.6 is 11.8 Å². The highest BCUT2D eigenvalue weighted by atomic mass is 32.2. The Morgan fingerprint density at radius 1 is 0.864 bits per heavy atom. The van der Waals surface area contributed by atoms with Gasteiger partial charge in [0.1, 0.15) is 28.5 Å². The van der Waals surface area contributed by atoms with Crippen molar-refractivity contribution in [2.75, 3.05) is 37.3 Å². The summed E-state index contributed by atoms with van der Waals surface area (Å²) in [6, 6.07) is 44.0. The van der Waals surface area contributed by atoms with Crippen LogP contribution in [0.15, 0.2) is 160 Å². The van der Waals surface area contributed by atoms with E-state index in [1.165, 1.54) is 34.8 Å². The molecule has 6 aliphatic rings. The lowest BCUT2D eigenvalue weighted by atomic mass is 9.93. The van der Waals surface area contributed by atoms with Crippen LogP contribution in [0.1, 0.15) is 16.7 Å². The summed E-state index contributed by atoms with van der Waals surface area (Å²) in [5.41, 5.74) is 9.07. The maximum absolute atomic E-state index is 15.0. The molecule has 1 aliphatic carbocycles. The molecule has 5 aromatic carbocycles. The monoisotopic (exact) mass is 914 g/mol. The van der Waals surface area contributed by atoms with E-state index in [2.05, 4.69) is 63.3 Å². The number of hydrogen-bond donors (Lipinski definition) is 2. The molecule has 2 N–H and O–H groups in total. The fourth-order valence-corrected chi connectivity index (χ4v) is 12.6. The maximum Gasteiger partial charge on any atom is 0.352 e. The molecule has 14 heteroatoms. The van der Waals surface area contributed by atoms with Gasteiger partial charge in [0.25, 0.3) is 5.91 Å². The maximum atomic E-state index is 15.0. The van der Waals surface area contributed by atoms with Gasteiger partial charge in [-0.2, -0.15) is 8.88 Å². The van der Waals surface area contributed by atoms with Crippen LogP contribution in [0.4, 0.5) is 17.1 Å². The Balaban J connectivity index is 0.966. The van der Waals surface area contributed by atoms with Gasteiger partial charge in [-0.1, -0.05) is 84.9 Å². The summed E-state index contributed by atoms with van der Waals surface area (Å²) in [5.74, 6) is -1.51. The third kappa shape index (κ3) is 7.07. The Morgan fingerprint density at radius 3 is 2.45 bits per heavy atom. The number of sulfonamides is 1. The predicted octanol–water partition coefficient (Wildman–Crippen LogP) is 7.16. The number of aliphatic carboxylic acids is 1. The number of carbonyl (C=O) groups excluding carboxylic acids is 2. The Hall–Kier alpha value is -7.00. The molecule has 2 atom stereocenters. The van der Waals surface area contributed by atoms with Gasteiger partial charge in [0.15, 0.2) is 6.54 Å². The number of anilines is 2. The number of amides is 2. The minimum atomic E-state index is -4.31. The summed E-state index contributed by atoms with van der Waals surface area (Å²) >= 11 is 1.30. The number of β-lactam (4-membered cyclic amide) rings is 1. The van der Waals surface area contributed by atoms with Gasteiger partial charge >= 0.3 is 5.97 Å². The fraction of sp³-hybridized carbons (Fsp3) is 0.192. The van der Waals surface area contributed by atoms with E-state index in [-0.39, 0.29) is 40.8 Å². The molecule has 5 aromatic rings. The van der Waals surface area contributed by atoms with Crippen LogP contribution in [0.2, 0.25) is 0 Å². The number of likely N-dealkylation sites (N-methyl/N-ethyl adjacent to an activating group) is 1. The van der Waals surface area contributed by atoms with Crippen molar-refractivity contribution in [3.05, 3.63) is 173 Å². The molecule has 1 unspecified atom stereocenters. The van der Waals surface area contributed by atoms with Crippen molar-refractivity contribution in [3.63, 3.8) is 0 Å². The van der Waals surface area contributed by atoms with Gasteiger partial charge in [0, 0.05) is 89.5 Å². The predicted molar refractivity (Wildman–Crippen MR) is 255 cm³/mol. The van der Waals surface area contributed by atoms with Gasteiger partial charge in [-0.05, 0) is 53.5 Å². The Kier molecular flexibility index (Phi) is 10.4. The number of benzene rings is 6. The highest BCUT2D eigenvalue weighted by Gasteiger charge is 2.54. The molecule has 5 aliphatic heterocycles. The smallest absolute Gasteiger partial charge is 0.352 e. The average Bonchev–Trinajstić information content (AvgIpc) is 3.97. The van der Waals surface area contributed by atoms with Gasteiger partial charge < -0.3 is 19.7 Å². The average molecular weight is 915 g/mol. The van der Waals surface area contributed by atoms with E-state index in [1.54, 1.807) is 18.2 Å². The Morgan fingerprint density at radius 2 is 1.62 bits per heavy atom. The zero-order valence-electron chi connectivity index (χ0n) is 35.9. The summed E-state index contributed by atoms with van der Waals surface area (Å²) in [6.07, 6.45) is 1.91. The molecule has 1 saturated heterocycles. The van der Waals surface area contributed by atoms with Gasteiger partial charge in [-0.25, -0.2) is 13.2 Å². The van der Waals surface area contributed by atoms with Crippen molar-refractivity contribution in [3.8, 4) is 22.5 Å². The second-order valence-corrected chi connectivity index (χ2v) is 20.1. The van der Waals surface area contributed by atoms with Crippen molar-refractivity contribution >= 4 is 67.6 Å². The number of carboxylic acid groups (broad SMARTS) is 1. The largest absolute Gasteiger partial charge is 0.477 e. The second kappa shape index (κ2) is 16.5.